The predicted octanol–water partition coefficient (Wildman–Crippen LogP) is 2.36. The molecule has 0 aliphatic rings. The Morgan fingerprint density at radius 1 is 1.40 bits per heavy atom. The quantitative estimate of drug-likeness (QED) is 0.363. The van der Waals surface area contributed by atoms with E-state index in [1.807, 2.05) is 0 Å². The summed E-state index contributed by atoms with van der Waals surface area (Å²) in [4.78, 5) is 10.4. The minimum absolute atomic E-state index is 0. The van der Waals surface area contributed by atoms with Gasteiger partial charge in [-0.1, -0.05) is 26.2 Å². The Bertz CT molecular complexity index is 81.3. The summed E-state index contributed by atoms with van der Waals surface area (Å²) in [5.41, 5.74) is 0. The van der Waals surface area contributed by atoms with Crippen LogP contribution in [0.4, 0.5) is 0 Å². The van der Waals surface area contributed by atoms with E-state index in [0.717, 1.165) is 12.8 Å². The third-order valence-electron chi connectivity index (χ3n) is 1.24. The first-order valence-corrected chi connectivity index (χ1v) is 3.61. The van der Waals surface area contributed by atoms with Crippen molar-refractivity contribution in [1.29, 1.82) is 0 Å². The summed E-state index contributed by atoms with van der Waals surface area (Å²) in [6, 6.07) is 0. The maximum Gasteiger partial charge on any atom is 0 e. The van der Waals surface area contributed by atoms with Gasteiger partial charge in [-0.15, -0.1) is 0 Å². The molecule has 2 heteroatoms. The number of unbranched alkanes of at least 4 members (excludes halogenated alkanes) is 3. The number of carbonyl (C=O) groups excluding carboxylic acids is 1. The fourth-order valence-electron chi connectivity index (χ4n) is 0.700. The van der Waals surface area contributed by atoms with Crippen LogP contribution in [0.15, 0.2) is 0 Å². The van der Waals surface area contributed by atoms with E-state index >= 15 is 0 Å². The topological polar surface area (TPSA) is 17.1 Å². The molecule has 0 saturated carbocycles. The largest absolute Gasteiger partial charge is 0.335 e. The van der Waals surface area contributed by atoms with Gasteiger partial charge >= 0.3 is 0 Å². The Kier molecular flexibility index (Phi) is 11.5. The number of hydrogen-bond acceptors (Lipinski definition) is 1. The molecule has 1 nitrogen and oxygen atoms in total. The molecule has 0 unspecified atom stereocenters. The van der Waals surface area contributed by atoms with Gasteiger partial charge in [-0.3, -0.25) is 0 Å². The summed E-state index contributed by atoms with van der Waals surface area (Å²) < 4.78 is 0. The van der Waals surface area contributed by atoms with Gasteiger partial charge in [0, 0.05) is 17.1 Å². The zero-order valence-electron chi connectivity index (χ0n) is 6.67. The Hall–Kier alpha value is 0.0595. The smallest absolute Gasteiger partial charge is 0 e. The molecule has 62 valence electrons. The maximum absolute atomic E-state index is 10.4. The number of carbonyl (C=O) groups is 1. The van der Waals surface area contributed by atoms with Crippen LogP contribution >= 0.6 is 0 Å². The van der Waals surface area contributed by atoms with Gasteiger partial charge in [0.25, 0.3) is 0 Å². The van der Waals surface area contributed by atoms with Crippen LogP contribution in [0.3, 0.4) is 0 Å². The van der Waals surface area contributed by atoms with Gasteiger partial charge in [0.2, 0.25) is 0 Å². The second-order valence-corrected chi connectivity index (χ2v) is 2.31. The molecular formula is C8H15FeO-. The molecule has 0 aromatic rings. The standard InChI is InChI=1S/C8H15O.Fe/c1-3-4-5-6-7-8(2)9;/h7H,3-6H2,1-2H3;/q-1;. The number of Topliss-reactive ketones (excluding diaryl/α,β-unsaturated/α-hetero) is 1. The number of rotatable bonds is 5. The van der Waals surface area contributed by atoms with Gasteiger partial charge in [0.15, 0.2) is 0 Å². The third-order valence-corrected chi connectivity index (χ3v) is 1.24. The van der Waals surface area contributed by atoms with E-state index in [2.05, 4.69) is 6.92 Å². The molecule has 0 amide bonds. The molecule has 0 atom stereocenters. The molecule has 0 rings (SSSR count). The number of ketones is 1. The Labute approximate surface area is 74.1 Å². The van der Waals surface area contributed by atoms with Crippen molar-refractivity contribution >= 4 is 5.78 Å². The van der Waals surface area contributed by atoms with Crippen molar-refractivity contribution in [2.24, 2.45) is 0 Å². The fraction of sp³-hybridized carbons (Fsp3) is 0.750. The summed E-state index contributed by atoms with van der Waals surface area (Å²) in [5.74, 6) is 0.200. The zero-order valence-corrected chi connectivity index (χ0v) is 7.77. The minimum atomic E-state index is 0. The molecular weight excluding hydrogens is 168 g/mol. The summed E-state index contributed by atoms with van der Waals surface area (Å²) in [5, 5.41) is 0. The van der Waals surface area contributed by atoms with E-state index in [9.17, 15) is 4.79 Å². The maximum atomic E-state index is 10.4. The Morgan fingerprint density at radius 3 is 2.40 bits per heavy atom. The van der Waals surface area contributed by atoms with Crippen molar-refractivity contribution in [3.05, 3.63) is 6.42 Å². The fourth-order valence-corrected chi connectivity index (χ4v) is 0.700. The summed E-state index contributed by atoms with van der Waals surface area (Å²) in [7, 11) is 0. The second-order valence-electron chi connectivity index (χ2n) is 2.31. The van der Waals surface area contributed by atoms with Crippen LogP contribution in [0.1, 0.15) is 39.5 Å². The van der Waals surface area contributed by atoms with Crippen LogP contribution in [0.5, 0.6) is 0 Å². The average Bonchev–Trinajstić information content (AvgIpc) is 1.80. The molecule has 0 aliphatic heterocycles. The average molecular weight is 183 g/mol. The first-order valence-electron chi connectivity index (χ1n) is 3.61. The second kappa shape index (κ2) is 9.06. The Balaban J connectivity index is 0. The van der Waals surface area contributed by atoms with E-state index in [-0.39, 0.29) is 22.9 Å². The van der Waals surface area contributed by atoms with E-state index in [0.29, 0.717) is 0 Å². The van der Waals surface area contributed by atoms with E-state index in [1.54, 1.807) is 13.3 Å². The molecule has 0 spiro atoms. The number of hydrogen-bond donors (Lipinski definition) is 0. The van der Waals surface area contributed by atoms with Gasteiger partial charge in [0.05, 0.1) is 0 Å². The van der Waals surface area contributed by atoms with Gasteiger partial charge in [-0.05, 0) is 12.7 Å². The van der Waals surface area contributed by atoms with E-state index < -0.39 is 0 Å². The molecule has 0 radical (unpaired) electrons. The van der Waals surface area contributed by atoms with Crippen LogP contribution < -0.4 is 0 Å². The molecule has 0 heterocycles. The molecule has 0 aromatic heterocycles. The van der Waals surface area contributed by atoms with Gasteiger partial charge in [0.1, 0.15) is 0 Å². The first-order chi connectivity index (χ1) is 4.27. The van der Waals surface area contributed by atoms with Crippen molar-refractivity contribution in [3.63, 3.8) is 0 Å². The predicted molar refractivity (Wildman–Crippen MR) is 39.1 cm³/mol. The first kappa shape index (κ1) is 12.7. The van der Waals surface area contributed by atoms with Crippen molar-refractivity contribution in [3.8, 4) is 0 Å². The SMILES string of the molecule is CCCCC[CH-]C(C)=O.[Fe]. The molecule has 0 N–H and O–H groups in total. The van der Waals surface area contributed by atoms with E-state index in [1.165, 1.54) is 12.8 Å². The summed E-state index contributed by atoms with van der Waals surface area (Å²) >= 11 is 0. The zero-order chi connectivity index (χ0) is 7.11. The van der Waals surface area contributed by atoms with Crippen LogP contribution in [-0.2, 0) is 21.9 Å². The van der Waals surface area contributed by atoms with Gasteiger partial charge in [-0.25, -0.2) is 0 Å². The molecule has 0 aromatic carbocycles. The van der Waals surface area contributed by atoms with Gasteiger partial charge in [-0.2, -0.15) is 6.42 Å². The molecule has 0 aliphatic carbocycles. The van der Waals surface area contributed by atoms with Crippen LogP contribution in [0.25, 0.3) is 0 Å². The normalized spacial score (nSPS) is 8.20. The molecule has 0 bridgehead atoms. The molecule has 0 fully saturated rings. The Morgan fingerprint density at radius 2 is 2.00 bits per heavy atom. The van der Waals surface area contributed by atoms with Crippen molar-refractivity contribution in [2.45, 2.75) is 39.5 Å². The van der Waals surface area contributed by atoms with Crippen LogP contribution in [-0.4, -0.2) is 5.78 Å². The monoisotopic (exact) mass is 183 g/mol. The van der Waals surface area contributed by atoms with Crippen LogP contribution in [0, 0.1) is 6.42 Å². The van der Waals surface area contributed by atoms with E-state index in [4.69, 9.17) is 0 Å². The minimum Gasteiger partial charge on any atom is -0.335 e. The molecule has 0 saturated heterocycles. The van der Waals surface area contributed by atoms with Gasteiger partial charge < -0.3 is 11.2 Å². The van der Waals surface area contributed by atoms with Crippen LogP contribution in [0.2, 0.25) is 0 Å². The molecule has 10 heavy (non-hydrogen) atoms. The summed E-state index contributed by atoms with van der Waals surface area (Å²) in [6.07, 6.45) is 6.35. The summed E-state index contributed by atoms with van der Waals surface area (Å²) in [6.45, 7) is 3.76. The van der Waals surface area contributed by atoms with Crippen molar-refractivity contribution < 1.29 is 21.9 Å². The van der Waals surface area contributed by atoms with Crippen molar-refractivity contribution in [2.75, 3.05) is 0 Å². The van der Waals surface area contributed by atoms with Crippen molar-refractivity contribution in [1.82, 2.24) is 0 Å². The third kappa shape index (κ3) is 10.9.